The van der Waals surface area contributed by atoms with Crippen LogP contribution in [0.15, 0.2) is 48.8 Å². The van der Waals surface area contributed by atoms with E-state index in [1.807, 2.05) is 19.9 Å². The average Bonchev–Trinajstić information content (AvgIpc) is 2.73. The van der Waals surface area contributed by atoms with Gasteiger partial charge in [0.05, 0.1) is 12.6 Å². The van der Waals surface area contributed by atoms with Gasteiger partial charge in [-0.25, -0.2) is 4.39 Å². The first-order valence-electron chi connectivity index (χ1n) is 10.5. The number of rotatable bonds is 4. The molecule has 2 aliphatic rings. The van der Waals surface area contributed by atoms with Gasteiger partial charge in [0.1, 0.15) is 30.1 Å². The number of nitrogens with zero attached hydrogens (tertiary/aromatic N) is 1. The fourth-order valence-corrected chi connectivity index (χ4v) is 4.04. The molecule has 1 fully saturated rings. The largest absolute Gasteiger partial charge is 0.490 e. The van der Waals surface area contributed by atoms with E-state index in [-0.39, 0.29) is 25.1 Å². The highest BCUT2D eigenvalue weighted by molar-refractivity contribution is 5.95. The zero-order valence-electron chi connectivity index (χ0n) is 18.0. The normalized spacial score (nSPS) is 22.6. The summed E-state index contributed by atoms with van der Waals surface area (Å²) in [4.78, 5) is 27.1. The van der Waals surface area contributed by atoms with Crippen LogP contribution in [-0.2, 0) is 11.3 Å². The summed E-state index contributed by atoms with van der Waals surface area (Å²) in [5, 5.41) is 16.3. The van der Waals surface area contributed by atoms with Crippen molar-refractivity contribution in [1.82, 2.24) is 15.5 Å². The van der Waals surface area contributed by atoms with Crippen molar-refractivity contribution in [3.8, 4) is 5.75 Å². The van der Waals surface area contributed by atoms with Crippen LogP contribution in [0, 0.1) is 12.7 Å². The lowest BCUT2D eigenvalue weighted by molar-refractivity contribution is -0.132. The monoisotopic (exact) mass is 439 g/mol. The van der Waals surface area contributed by atoms with Gasteiger partial charge in [0.2, 0.25) is 5.91 Å². The SMILES string of the molecule is C=C1NC(C)CC(=O)N1Cc1cc(C(=O)NC2c3cc(F)ccc3OCC2O)ccc1C. The molecule has 32 heavy (non-hydrogen) atoms. The Kier molecular flexibility index (Phi) is 5.88. The first-order valence-corrected chi connectivity index (χ1v) is 10.5. The number of aliphatic hydroxyl groups is 1. The lowest BCUT2D eigenvalue weighted by Crippen LogP contribution is -2.47. The van der Waals surface area contributed by atoms with E-state index in [2.05, 4.69) is 17.2 Å². The molecule has 2 aromatic rings. The molecule has 0 aromatic heterocycles. The number of hydrogen-bond acceptors (Lipinski definition) is 5. The number of hydrogen-bond donors (Lipinski definition) is 3. The van der Waals surface area contributed by atoms with Crippen LogP contribution in [0.5, 0.6) is 5.75 Å². The predicted molar refractivity (Wildman–Crippen MR) is 116 cm³/mol. The molecule has 2 aliphatic heterocycles. The second-order valence-electron chi connectivity index (χ2n) is 8.33. The van der Waals surface area contributed by atoms with Crippen molar-refractivity contribution in [3.63, 3.8) is 0 Å². The summed E-state index contributed by atoms with van der Waals surface area (Å²) in [5.41, 5.74) is 2.50. The first kappa shape index (κ1) is 21.8. The third kappa shape index (κ3) is 4.31. The Labute approximate surface area is 185 Å². The fourth-order valence-electron chi connectivity index (χ4n) is 4.04. The molecule has 3 unspecified atom stereocenters. The van der Waals surface area contributed by atoms with Crippen LogP contribution in [-0.4, -0.2) is 40.6 Å². The minimum absolute atomic E-state index is 0.00661. The number of aryl methyl sites for hydroxylation is 1. The summed E-state index contributed by atoms with van der Waals surface area (Å²) in [6, 6.07) is 8.45. The number of amides is 2. The summed E-state index contributed by atoms with van der Waals surface area (Å²) in [7, 11) is 0. The smallest absolute Gasteiger partial charge is 0.251 e. The van der Waals surface area contributed by atoms with Gasteiger partial charge in [-0.05, 0) is 55.3 Å². The summed E-state index contributed by atoms with van der Waals surface area (Å²) >= 11 is 0. The number of nitrogens with one attached hydrogen (secondary N) is 2. The molecule has 2 heterocycles. The Balaban J connectivity index is 1.55. The maximum Gasteiger partial charge on any atom is 0.251 e. The van der Waals surface area contributed by atoms with E-state index >= 15 is 0 Å². The molecule has 0 radical (unpaired) electrons. The Morgan fingerprint density at radius 2 is 2.12 bits per heavy atom. The van der Waals surface area contributed by atoms with Crippen LogP contribution >= 0.6 is 0 Å². The standard InChI is InChI=1S/C24H26FN3O4/c1-13-4-5-16(9-17(13)11-28-15(3)26-14(2)8-22(28)30)24(31)27-23-19-10-18(25)6-7-21(19)32-12-20(23)29/h4-7,9-10,14,20,23,26,29H,3,8,11-12H2,1-2H3,(H,27,31). The van der Waals surface area contributed by atoms with Crippen LogP contribution in [0.25, 0.3) is 0 Å². The van der Waals surface area contributed by atoms with Crippen LogP contribution < -0.4 is 15.4 Å². The van der Waals surface area contributed by atoms with Gasteiger partial charge in [0.25, 0.3) is 5.91 Å². The van der Waals surface area contributed by atoms with E-state index in [4.69, 9.17) is 4.74 Å². The third-order valence-electron chi connectivity index (χ3n) is 5.85. The highest BCUT2D eigenvalue weighted by Crippen LogP contribution is 2.33. The molecule has 0 saturated carbocycles. The molecular weight excluding hydrogens is 413 g/mol. The quantitative estimate of drug-likeness (QED) is 0.681. The predicted octanol–water partition coefficient (Wildman–Crippen LogP) is 2.54. The number of carbonyl (C=O) groups is 2. The fraction of sp³-hybridized carbons (Fsp3) is 0.333. The molecular formula is C24H26FN3O4. The maximum absolute atomic E-state index is 13.8. The second kappa shape index (κ2) is 8.63. The maximum atomic E-state index is 13.8. The summed E-state index contributed by atoms with van der Waals surface area (Å²) in [5.74, 6) is 0.0394. The lowest BCUT2D eigenvalue weighted by atomic mass is 9.97. The molecule has 2 amide bonds. The van der Waals surface area contributed by atoms with Gasteiger partial charge >= 0.3 is 0 Å². The minimum Gasteiger partial charge on any atom is -0.490 e. The summed E-state index contributed by atoms with van der Waals surface area (Å²) in [6.45, 7) is 8.05. The van der Waals surface area contributed by atoms with E-state index in [1.54, 1.807) is 17.0 Å². The molecule has 0 spiro atoms. The Morgan fingerprint density at radius 1 is 1.34 bits per heavy atom. The van der Waals surface area contributed by atoms with Crippen molar-refractivity contribution in [3.05, 3.63) is 76.9 Å². The molecule has 3 atom stereocenters. The van der Waals surface area contributed by atoms with Crippen LogP contribution in [0.1, 0.15) is 46.4 Å². The lowest BCUT2D eigenvalue weighted by Gasteiger charge is -2.34. The number of carbonyl (C=O) groups excluding carboxylic acids is 2. The molecule has 8 heteroatoms. The highest BCUT2D eigenvalue weighted by Gasteiger charge is 2.32. The number of fused-ring (bicyclic) bond motifs is 1. The molecule has 168 valence electrons. The van der Waals surface area contributed by atoms with Gasteiger partial charge in [0.15, 0.2) is 0 Å². The van der Waals surface area contributed by atoms with E-state index < -0.39 is 23.9 Å². The Morgan fingerprint density at radius 3 is 2.88 bits per heavy atom. The number of aliphatic hydroxyl groups excluding tert-OH is 1. The van der Waals surface area contributed by atoms with Gasteiger partial charge in [-0.15, -0.1) is 0 Å². The average molecular weight is 439 g/mol. The van der Waals surface area contributed by atoms with Gasteiger partial charge in [-0.3, -0.25) is 14.5 Å². The Bertz CT molecular complexity index is 1070. The zero-order valence-corrected chi connectivity index (χ0v) is 18.0. The third-order valence-corrected chi connectivity index (χ3v) is 5.85. The first-order chi connectivity index (χ1) is 15.2. The van der Waals surface area contributed by atoms with Crippen LogP contribution in [0.3, 0.4) is 0 Å². The molecule has 0 aliphatic carbocycles. The Hall–Kier alpha value is -3.39. The molecule has 2 aromatic carbocycles. The summed E-state index contributed by atoms with van der Waals surface area (Å²) < 4.78 is 19.2. The molecule has 1 saturated heterocycles. The van der Waals surface area contributed by atoms with Crippen LogP contribution in [0.4, 0.5) is 4.39 Å². The van der Waals surface area contributed by atoms with E-state index in [0.717, 1.165) is 11.1 Å². The molecule has 3 N–H and O–H groups in total. The van der Waals surface area contributed by atoms with Gasteiger partial charge in [-0.2, -0.15) is 0 Å². The number of halogens is 1. The van der Waals surface area contributed by atoms with Crippen molar-refractivity contribution in [1.29, 1.82) is 0 Å². The van der Waals surface area contributed by atoms with Gasteiger partial charge < -0.3 is 20.5 Å². The van der Waals surface area contributed by atoms with Crippen molar-refractivity contribution in [2.45, 2.75) is 45.0 Å². The zero-order chi connectivity index (χ0) is 23.0. The van der Waals surface area contributed by atoms with Crippen molar-refractivity contribution >= 4 is 11.8 Å². The summed E-state index contributed by atoms with van der Waals surface area (Å²) in [6.07, 6.45) is -0.643. The van der Waals surface area contributed by atoms with Crippen molar-refractivity contribution in [2.24, 2.45) is 0 Å². The highest BCUT2D eigenvalue weighted by atomic mass is 19.1. The molecule has 7 nitrogen and oxygen atoms in total. The number of ether oxygens (including phenoxy) is 1. The van der Waals surface area contributed by atoms with Gasteiger partial charge in [-0.1, -0.05) is 12.6 Å². The topological polar surface area (TPSA) is 90.9 Å². The van der Waals surface area contributed by atoms with E-state index in [9.17, 15) is 19.1 Å². The van der Waals surface area contributed by atoms with Crippen LogP contribution in [0.2, 0.25) is 0 Å². The van der Waals surface area contributed by atoms with E-state index in [1.165, 1.54) is 18.2 Å². The van der Waals surface area contributed by atoms with Gasteiger partial charge in [0, 0.05) is 23.6 Å². The van der Waals surface area contributed by atoms with Crippen molar-refractivity contribution < 1.29 is 23.8 Å². The molecule has 4 rings (SSSR count). The second-order valence-corrected chi connectivity index (χ2v) is 8.33. The van der Waals surface area contributed by atoms with Crippen molar-refractivity contribution in [2.75, 3.05) is 6.61 Å². The van der Waals surface area contributed by atoms with E-state index in [0.29, 0.717) is 29.1 Å². The molecule has 0 bridgehead atoms. The minimum atomic E-state index is -1.01. The number of benzene rings is 2.